The zero-order valence-corrected chi connectivity index (χ0v) is 25.7. The van der Waals surface area contributed by atoms with Gasteiger partial charge in [-0.3, -0.25) is 4.79 Å². The molecule has 0 radical (unpaired) electrons. The fourth-order valence-corrected chi connectivity index (χ4v) is 7.60. The second-order valence-electron chi connectivity index (χ2n) is 12.1. The van der Waals surface area contributed by atoms with Crippen molar-refractivity contribution in [3.05, 3.63) is 101 Å². The van der Waals surface area contributed by atoms with Crippen molar-refractivity contribution in [3.8, 4) is 0 Å². The summed E-state index contributed by atoms with van der Waals surface area (Å²) in [6.07, 6.45) is 2.80. The van der Waals surface area contributed by atoms with E-state index in [4.69, 9.17) is 0 Å². The highest BCUT2D eigenvalue weighted by atomic mass is 32.2. The Balaban J connectivity index is 1.28. The third-order valence-electron chi connectivity index (χ3n) is 8.81. The number of hydrogen-bond acceptors (Lipinski definition) is 4. The lowest BCUT2D eigenvalue weighted by Gasteiger charge is -2.29. The van der Waals surface area contributed by atoms with Gasteiger partial charge in [0.25, 0.3) is 0 Å². The van der Waals surface area contributed by atoms with E-state index < -0.39 is 32.7 Å². The second kappa shape index (κ2) is 13.8. The van der Waals surface area contributed by atoms with E-state index in [0.29, 0.717) is 23.6 Å². The van der Waals surface area contributed by atoms with Crippen LogP contribution in [0.15, 0.2) is 77.7 Å². The maximum atomic E-state index is 13.4. The Kier molecular flexibility index (Phi) is 10.1. The monoisotopic (exact) mass is 627 g/mol. The van der Waals surface area contributed by atoms with Crippen molar-refractivity contribution in [1.82, 2.24) is 15.4 Å². The molecule has 0 bridgehead atoms. The fourth-order valence-electron chi connectivity index (χ4n) is 6.33. The molecule has 3 aromatic rings. The molecule has 44 heavy (non-hydrogen) atoms. The third-order valence-corrected chi connectivity index (χ3v) is 10.3. The molecule has 2 aliphatic rings. The van der Waals surface area contributed by atoms with E-state index in [9.17, 15) is 26.4 Å². The molecule has 6 nitrogen and oxygen atoms in total. The summed E-state index contributed by atoms with van der Waals surface area (Å²) < 4.78 is 68.7. The van der Waals surface area contributed by atoms with Crippen LogP contribution in [0.25, 0.3) is 0 Å². The minimum Gasteiger partial charge on any atom is -0.349 e. The molecular formula is C34H40F3N3O3S. The highest BCUT2D eigenvalue weighted by Gasteiger charge is 2.33. The SMILES string of the molecule is C[C@H](CNC1CCCC1)c1ccc2c(c1)CCC[C@H]2NC(=O)CC(NS(=O)(=O)c1cccc(C(F)(F)F)c1)c1ccccc1. The van der Waals surface area contributed by atoms with Gasteiger partial charge in [-0.05, 0) is 78.5 Å². The molecular weight excluding hydrogens is 587 g/mol. The number of carbonyl (C=O) groups is 1. The van der Waals surface area contributed by atoms with E-state index in [1.165, 1.54) is 36.8 Å². The Morgan fingerprint density at radius 3 is 2.39 bits per heavy atom. The molecule has 3 atom stereocenters. The second-order valence-corrected chi connectivity index (χ2v) is 13.8. The lowest BCUT2D eigenvalue weighted by molar-refractivity contribution is -0.137. The quantitative estimate of drug-likeness (QED) is 0.215. The number of nitrogens with one attached hydrogen (secondary N) is 3. The van der Waals surface area contributed by atoms with Gasteiger partial charge in [0.1, 0.15) is 0 Å². The van der Waals surface area contributed by atoms with Crippen LogP contribution in [0, 0.1) is 0 Å². The molecule has 3 N–H and O–H groups in total. The number of benzene rings is 3. The first-order chi connectivity index (χ1) is 21.0. The number of alkyl halides is 3. The maximum Gasteiger partial charge on any atom is 0.416 e. The van der Waals surface area contributed by atoms with E-state index in [1.807, 2.05) is 0 Å². The van der Waals surface area contributed by atoms with Crippen LogP contribution in [0.3, 0.4) is 0 Å². The highest BCUT2D eigenvalue weighted by Crippen LogP contribution is 2.34. The Morgan fingerprint density at radius 2 is 1.66 bits per heavy atom. The average Bonchev–Trinajstić information content (AvgIpc) is 3.53. The number of amides is 1. The zero-order valence-electron chi connectivity index (χ0n) is 24.9. The fraction of sp³-hybridized carbons (Fsp3) is 0.441. The van der Waals surface area contributed by atoms with Gasteiger partial charge in [-0.15, -0.1) is 0 Å². The molecule has 0 heterocycles. The molecule has 1 saturated carbocycles. The van der Waals surface area contributed by atoms with Gasteiger partial charge in [0.15, 0.2) is 0 Å². The number of halogens is 3. The standard InChI is InChI=1S/C34H40F3N3O3S/c1-23(22-38-28-13-5-6-14-28)25-17-18-30-26(19-25)11-7-16-31(30)39-33(41)21-32(24-9-3-2-4-10-24)40-44(42,43)29-15-8-12-27(20-29)34(35,36)37/h2-4,8-10,12,15,17-20,23,28,31-32,38,40H,5-7,11,13-14,16,21-22H2,1H3,(H,39,41)/t23-,31-,32?/m1/s1. The molecule has 5 rings (SSSR count). The van der Waals surface area contributed by atoms with E-state index >= 15 is 0 Å². The summed E-state index contributed by atoms with van der Waals surface area (Å²) in [7, 11) is -4.38. The van der Waals surface area contributed by atoms with Crippen LogP contribution in [-0.2, 0) is 27.4 Å². The van der Waals surface area contributed by atoms with Gasteiger partial charge in [-0.1, -0.05) is 74.4 Å². The molecule has 0 aliphatic heterocycles. The van der Waals surface area contributed by atoms with Crippen LogP contribution in [0.2, 0.25) is 0 Å². The summed E-state index contributed by atoms with van der Waals surface area (Å²) >= 11 is 0. The maximum absolute atomic E-state index is 13.4. The van der Waals surface area contributed by atoms with Crippen molar-refractivity contribution in [3.63, 3.8) is 0 Å². The largest absolute Gasteiger partial charge is 0.416 e. The lowest BCUT2D eigenvalue weighted by Crippen LogP contribution is -2.36. The van der Waals surface area contributed by atoms with Gasteiger partial charge in [0.05, 0.1) is 22.5 Å². The van der Waals surface area contributed by atoms with Crippen LogP contribution in [0.4, 0.5) is 13.2 Å². The molecule has 1 fully saturated rings. The van der Waals surface area contributed by atoms with Crippen molar-refractivity contribution >= 4 is 15.9 Å². The van der Waals surface area contributed by atoms with Crippen molar-refractivity contribution in [2.75, 3.05) is 6.54 Å². The first kappa shape index (κ1) is 32.2. The molecule has 0 aromatic heterocycles. The normalized spacial score (nSPS) is 18.9. The first-order valence-electron chi connectivity index (χ1n) is 15.4. The zero-order chi connectivity index (χ0) is 31.3. The van der Waals surface area contributed by atoms with Gasteiger partial charge in [0, 0.05) is 19.0 Å². The Labute approximate surface area is 257 Å². The number of carbonyl (C=O) groups excluding carboxylic acids is 1. The Hall–Kier alpha value is -3.21. The summed E-state index contributed by atoms with van der Waals surface area (Å²) in [6.45, 7) is 3.16. The summed E-state index contributed by atoms with van der Waals surface area (Å²) in [5, 5.41) is 6.81. The molecule has 0 saturated heterocycles. The number of sulfonamides is 1. The predicted octanol–water partition coefficient (Wildman–Crippen LogP) is 6.94. The van der Waals surface area contributed by atoms with Gasteiger partial charge >= 0.3 is 6.18 Å². The Bertz CT molecular complexity index is 1540. The minimum absolute atomic E-state index is 0.205. The summed E-state index contributed by atoms with van der Waals surface area (Å²) in [4.78, 5) is 12.9. The molecule has 2 aliphatic carbocycles. The van der Waals surface area contributed by atoms with Crippen molar-refractivity contribution in [2.24, 2.45) is 0 Å². The van der Waals surface area contributed by atoms with Crippen molar-refractivity contribution in [2.45, 2.75) is 93.4 Å². The smallest absolute Gasteiger partial charge is 0.349 e. The van der Waals surface area contributed by atoms with Crippen molar-refractivity contribution < 1.29 is 26.4 Å². The first-order valence-corrected chi connectivity index (χ1v) is 16.9. The number of fused-ring (bicyclic) bond motifs is 1. The molecule has 1 unspecified atom stereocenters. The van der Waals surface area contributed by atoms with Gasteiger partial charge in [0.2, 0.25) is 15.9 Å². The number of hydrogen-bond donors (Lipinski definition) is 3. The predicted molar refractivity (Wildman–Crippen MR) is 165 cm³/mol. The van der Waals surface area contributed by atoms with Crippen LogP contribution in [-0.4, -0.2) is 26.9 Å². The minimum atomic E-state index is -4.69. The van der Waals surface area contributed by atoms with E-state index in [1.54, 1.807) is 30.3 Å². The summed E-state index contributed by atoms with van der Waals surface area (Å²) in [5.74, 6) is 0.0222. The molecule has 1 amide bonds. The van der Waals surface area contributed by atoms with Gasteiger partial charge in [-0.2, -0.15) is 13.2 Å². The Morgan fingerprint density at radius 1 is 0.909 bits per heavy atom. The number of aryl methyl sites for hydroxylation is 1. The highest BCUT2D eigenvalue weighted by molar-refractivity contribution is 7.89. The number of rotatable bonds is 11. The third kappa shape index (κ3) is 8.08. The van der Waals surface area contributed by atoms with Crippen LogP contribution in [0.1, 0.15) is 97.7 Å². The van der Waals surface area contributed by atoms with Crippen LogP contribution < -0.4 is 15.4 Å². The van der Waals surface area contributed by atoms with Crippen molar-refractivity contribution in [1.29, 1.82) is 0 Å². The lowest BCUT2D eigenvalue weighted by atomic mass is 9.84. The molecule has 236 valence electrons. The molecule has 3 aromatic carbocycles. The average molecular weight is 628 g/mol. The molecule has 10 heteroatoms. The van der Waals surface area contributed by atoms with Crippen LogP contribution in [0.5, 0.6) is 0 Å². The van der Waals surface area contributed by atoms with Gasteiger partial charge in [-0.25, -0.2) is 13.1 Å². The summed E-state index contributed by atoms with van der Waals surface area (Å²) in [6, 6.07) is 18.1. The van der Waals surface area contributed by atoms with Crippen LogP contribution >= 0.6 is 0 Å². The van der Waals surface area contributed by atoms with Gasteiger partial charge < -0.3 is 10.6 Å². The summed E-state index contributed by atoms with van der Waals surface area (Å²) in [5.41, 5.74) is 3.04. The van der Waals surface area contributed by atoms with E-state index in [2.05, 4.69) is 40.5 Å². The molecule has 0 spiro atoms. The van der Waals surface area contributed by atoms with E-state index in [-0.39, 0.29) is 18.4 Å². The topological polar surface area (TPSA) is 87.3 Å². The van der Waals surface area contributed by atoms with E-state index in [0.717, 1.165) is 49.6 Å².